The van der Waals surface area contributed by atoms with Crippen LogP contribution in [0.4, 0.5) is 5.69 Å². The lowest BCUT2D eigenvalue weighted by molar-refractivity contribution is 0.0426. The minimum absolute atomic E-state index is 0.0352. The fourth-order valence-corrected chi connectivity index (χ4v) is 6.33. The highest BCUT2D eigenvalue weighted by atomic mass is 32.2. The summed E-state index contributed by atoms with van der Waals surface area (Å²) in [5, 5.41) is 0.752. The number of nitrogens with zero attached hydrogens (tertiary/aromatic N) is 3. The minimum Gasteiger partial charge on any atom is -0.336 e. The van der Waals surface area contributed by atoms with Crippen molar-refractivity contribution in [1.29, 1.82) is 0 Å². The predicted molar refractivity (Wildman–Crippen MR) is 142 cm³/mol. The molecule has 0 saturated carbocycles. The number of fused-ring (bicyclic) bond motifs is 1. The number of sulfonamides is 1. The van der Waals surface area contributed by atoms with Crippen molar-refractivity contribution in [2.75, 3.05) is 30.9 Å². The van der Waals surface area contributed by atoms with E-state index in [1.54, 1.807) is 42.6 Å². The summed E-state index contributed by atoms with van der Waals surface area (Å²) in [6, 6.07) is 15.3. The van der Waals surface area contributed by atoms with Gasteiger partial charge in [0.25, 0.3) is 15.9 Å². The Labute approximate surface area is 212 Å². The summed E-state index contributed by atoms with van der Waals surface area (Å²) in [7, 11) is -3.84. The number of carbonyl (C=O) groups excluding carboxylic acids is 1. The van der Waals surface area contributed by atoms with E-state index in [2.05, 4.69) is 45.8 Å². The van der Waals surface area contributed by atoms with E-state index < -0.39 is 10.0 Å². The molecule has 2 aromatic carbocycles. The van der Waals surface area contributed by atoms with Crippen LogP contribution in [-0.4, -0.2) is 60.8 Å². The highest BCUT2D eigenvalue weighted by Crippen LogP contribution is 2.30. The first-order valence-corrected chi connectivity index (χ1v) is 13.8. The van der Waals surface area contributed by atoms with Gasteiger partial charge < -0.3 is 4.90 Å². The van der Waals surface area contributed by atoms with E-state index in [0.717, 1.165) is 31.3 Å². The molecule has 1 aliphatic heterocycles. The van der Waals surface area contributed by atoms with Gasteiger partial charge in [-0.2, -0.15) is 0 Å². The van der Waals surface area contributed by atoms with Crippen LogP contribution in [0.2, 0.25) is 0 Å². The summed E-state index contributed by atoms with van der Waals surface area (Å²) < 4.78 is 28.7. The number of benzene rings is 2. The van der Waals surface area contributed by atoms with Gasteiger partial charge in [-0.15, -0.1) is 0 Å². The summed E-state index contributed by atoms with van der Waals surface area (Å²) in [4.78, 5) is 21.9. The molecule has 36 heavy (non-hydrogen) atoms. The molecule has 8 heteroatoms. The van der Waals surface area contributed by atoms with Crippen molar-refractivity contribution in [3.63, 3.8) is 0 Å². The molecule has 2 aliphatic rings. The number of para-hydroxylation sites is 1. The second-order valence-corrected chi connectivity index (χ2v) is 10.9. The van der Waals surface area contributed by atoms with Gasteiger partial charge in [-0.3, -0.25) is 19.4 Å². The third-order valence-corrected chi connectivity index (χ3v) is 8.62. The summed E-state index contributed by atoms with van der Waals surface area (Å²) in [6.45, 7) is 5.21. The molecular weight excluding hydrogens is 472 g/mol. The number of rotatable bonds is 6. The zero-order valence-corrected chi connectivity index (χ0v) is 21.1. The van der Waals surface area contributed by atoms with Crippen molar-refractivity contribution in [3.05, 3.63) is 90.7 Å². The zero-order chi connectivity index (χ0) is 25.2. The number of amides is 1. The van der Waals surface area contributed by atoms with E-state index in [1.165, 1.54) is 6.07 Å². The molecule has 5 rings (SSSR count). The van der Waals surface area contributed by atoms with Crippen LogP contribution in [-0.2, 0) is 10.0 Å². The SMILES string of the molecule is CC[C@@]1(N2CCN(C(=O)c3ccc(NS(=O)(=O)c4cccc5cccnc45)cc3)CC2)C=CC=CC1. The highest BCUT2D eigenvalue weighted by Gasteiger charge is 2.35. The third-order valence-electron chi connectivity index (χ3n) is 7.20. The first-order chi connectivity index (χ1) is 17.4. The Hall–Kier alpha value is -3.49. The minimum atomic E-state index is -3.84. The van der Waals surface area contributed by atoms with Crippen LogP contribution in [0.3, 0.4) is 0 Å². The van der Waals surface area contributed by atoms with Gasteiger partial charge >= 0.3 is 0 Å². The van der Waals surface area contributed by atoms with Gasteiger partial charge in [0.1, 0.15) is 4.90 Å². The first-order valence-electron chi connectivity index (χ1n) is 12.3. The molecule has 3 aromatic rings. The Morgan fingerprint density at radius 1 is 1.00 bits per heavy atom. The second-order valence-electron chi connectivity index (χ2n) is 9.24. The van der Waals surface area contributed by atoms with E-state index in [1.807, 2.05) is 17.0 Å². The Morgan fingerprint density at radius 2 is 1.75 bits per heavy atom. The van der Waals surface area contributed by atoms with Crippen LogP contribution in [0, 0.1) is 0 Å². The number of pyridine rings is 1. The van der Waals surface area contributed by atoms with E-state index in [-0.39, 0.29) is 16.3 Å². The maximum Gasteiger partial charge on any atom is 0.264 e. The van der Waals surface area contributed by atoms with Crippen LogP contribution in [0.1, 0.15) is 30.1 Å². The van der Waals surface area contributed by atoms with Crippen LogP contribution in [0.5, 0.6) is 0 Å². The van der Waals surface area contributed by atoms with Gasteiger partial charge in [-0.1, -0.05) is 49.4 Å². The van der Waals surface area contributed by atoms with E-state index in [0.29, 0.717) is 29.9 Å². The maximum absolute atomic E-state index is 13.1. The van der Waals surface area contributed by atoms with Crippen molar-refractivity contribution in [3.8, 4) is 0 Å². The Kier molecular flexibility index (Phi) is 6.64. The second kappa shape index (κ2) is 9.87. The zero-order valence-electron chi connectivity index (χ0n) is 20.3. The largest absolute Gasteiger partial charge is 0.336 e. The standard InChI is InChI=1S/C28H30N4O3S/c1-2-28(15-4-3-5-16-28)32-20-18-31(19-21-32)27(33)23-11-13-24(14-12-23)30-36(34,35)25-10-6-8-22-9-7-17-29-26(22)25/h3-15,17,30H,2,16,18-21H2,1H3/t28-/m1/s1. The van der Waals surface area contributed by atoms with Crippen molar-refractivity contribution < 1.29 is 13.2 Å². The average molecular weight is 503 g/mol. The fourth-order valence-electron chi connectivity index (χ4n) is 5.10. The van der Waals surface area contributed by atoms with Crippen LogP contribution < -0.4 is 4.72 Å². The quantitative estimate of drug-likeness (QED) is 0.538. The molecule has 7 nitrogen and oxygen atoms in total. The number of hydrogen-bond donors (Lipinski definition) is 1. The number of anilines is 1. The highest BCUT2D eigenvalue weighted by molar-refractivity contribution is 7.93. The third kappa shape index (κ3) is 4.66. The number of allylic oxidation sites excluding steroid dienone is 2. The summed E-state index contributed by atoms with van der Waals surface area (Å²) >= 11 is 0. The molecule has 1 saturated heterocycles. The van der Waals surface area contributed by atoms with Crippen molar-refractivity contribution >= 4 is 32.5 Å². The van der Waals surface area contributed by atoms with Gasteiger partial charge in [-0.05, 0) is 49.2 Å². The number of carbonyl (C=O) groups is 1. The van der Waals surface area contributed by atoms with E-state index in [9.17, 15) is 13.2 Å². The molecule has 0 unspecified atom stereocenters. The lowest BCUT2D eigenvalue weighted by Crippen LogP contribution is -2.57. The van der Waals surface area contributed by atoms with Gasteiger partial charge in [0.15, 0.2) is 0 Å². The molecule has 186 valence electrons. The van der Waals surface area contributed by atoms with Crippen molar-refractivity contribution in [1.82, 2.24) is 14.8 Å². The first kappa shape index (κ1) is 24.2. The smallest absolute Gasteiger partial charge is 0.264 e. The fraction of sp³-hybridized carbons (Fsp3) is 0.286. The molecule has 1 N–H and O–H groups in total. The topological polar surface area (TPSA) is 82.6 Å². The molecule has 1 atom stereocenters. The molecule has 1 aromatic heterocycles. The lowest BCUT2D eigenvalue weighted by atomic mass is 9.86. The van der Waals surface area contributed by atoms with Gasteiger partial charge in [0.05, 0.1) is 5.52 Å². The molecule has 0 radical (unpaired) electrons. The summed E-state index contributed by atoms with van der Waals surface area (Å²) in [6.07, 6.45) is 12.3. The Balaban J connectivity index is 1.25. The predicted octanol–water partition coefficient (Wildman–Crippen LogP) is 4.46. The Bertz CT molecular complexity index is 1420. The molecule has 1 amide bonds. The van der Waals surface area contributed by atoms with Crippen LogP contribution in [0.15, 0.2) is 90.0 Å². The van der Waals surface area contributed by atoms with Crippen molar-refractivity contribution in [2.24, 2.45) is 0 Å². The summed E-state index contributed by atoms with van der Waals surface area (Å²) in [5.74, 6) is -0.0352. The van der Waals surface area contributed by atoms with Crippen molar-refractivity contribution in [2.45, 2.75) is 30.2 Å². The van der Waals surface area contributed by atoms with E-state index >= 15 is 0 Å². The normalized spacial score (nSPS) is 20.5. The lowest BCUT2D eigenvalue weighted by Gasteiger charge is -2.46. The molecular formula is C28H30N4O3S. The van der Waals surface area contributed by atoms with E-state index in [4.69, 9.17) is 0 Å². The average Bonchev–Trinajstić information content (AvgIpc) is 2.93. The van der Waals surface area contributed by atoms with Crippen LogP contribution in [0.25, 0.3) is 10.9 Å². The number of aromatic nitrogens is 1. The van der Waals surface area contributed by atoms with Crippen LogP contribution >= 0.6 is 0 Å². The maximum atomic E-state index is 13.1. The molecule has 1 fully saturated rings. The number of nitrogens with one attached hydrogen (secondary N) is 1. The van der Waals surface area contributed by atoms with Gasteiger partial charge in [0.2, 0.25) is 0 Å². The number of hydrogen-bond acceptors (Lipinski definition) is 5. The van der Waals surface area contributed by atoms with Gasteiger partial charge in [0, 0.05) is 54.6 Å². The number of piperazine rings is 1. The molecule has 1 aliphatic carbocycles. The summed E-state index contributed by atoms with van der Waals surface area (Å²) in [5.41, 5.74) is 1.40. The molecule has 0 spiro atoms. The monoisotopic (exact) mass is 502 g/mol. The molecule has 2 heterocycles. The van der Waals surface area contributed by atoms with Gasteiger partial charge in [-0.25, -0.2) is 8.42 Å². The molecule has 0 bridgehead atoms. The Morgan fingerprint density at radius 3 is 2.44 bits per heavy atom.